The molecule has 4 rings (SSSR count). The molecule has 7 heteroatoms. The second-order valence-corrected chi connectivity index (χ2v) is 7.43. The van der Waals surface area contributed by atoms with Gasteiger partial charge in [-0.05, 0) is 35.9 Å². The Morgan fingerprint density at radius 3 is 2.39 bits per heavy atom. The second kappa shape index (κ2) is 9.56. The Labute approximate surface area is 189 Å². The molecule has 4 aromatic rings. The summed E-state index contributed by atoms with van der Waals surface area (Å²) in [5.41, 5.74) is 0.474. The van der Waals surface area contributed by atoms with Crippen molar-refractivity contribution in [2.24, 2.45) is 0 Å². The molecule has 0 saturated heterocycles. The Kier molecular flexibility index (Phi) is 6.40. The van der Waals surface area contributed by atoms with Gasteiger partial charge in [0, 0.05) is 24.0 Å². The number of carbonyl (C=O) groups excluding carboxylic acids is 1. The van der Waals surface area contributed by atoms with E-state index in [1.54, 1.807) is 55.6 Å². The van der Waals surface area contributed by atoms with E-state index in [-0.39, 0.29) is 24.2 Å². The third-order valence-electron chi connectivity index (χ3n) is 5.31. The average Bonchev–Trinajstić information content (AvgIpc) is 2.84. The predicted octanol–water partition coefficient (Wildman–Crippen LogP) is 4.79. The average molecular weight is 447 g/mol. The van der Waals surface area contributed by atoms with Gasteiger partial charge in [0.1, 0.15) is 17.1 Å². The lowest BCUT2D eigenvalue weighted by Crippen LogP contribution is -2.33. The molecule has 0 aliphatic carbocycles. The Hall–Kier alpha value is -4.13. The first kappa shape index (κ1) is 22.1. The quantitative estimate of drug-likeness (QED) is 0.381. The Balaban J connectivity index is 1.73. The number of fused-ring (bicyclic) bond motifs is 1. The van der Waals surface area contributed by atoms with Crippen LogP contribution in [0, 0.1) is 5.82 Å². The van der Waals surface area contributed by atoms with Crippen molar-refractivity contribution < 1.29 is 23.1 Å². The van der Waals surface area contributed by atoms with Crippen molar-refractivity contribution in [1.29, 1.82) is 0 Å². The minimum Gasteiger partial charge on any atom is -0.497 e. The highest BCUT2D eigenvalue weighted by atomic mass is 19.1. The molecule has 0 fully saturated rings. The molecule has 33 heavy (non-hydrogen) atoms. The van der Waals surface area contributed by atoms with Crippen molar-refractivity contribution in [1.82, 2.24) is 4.90 Å². The van der Waals surface area contributed by atoms with Gasteiger partial charge in [-0.15, -0.1) is 0 Å². The minimum absolute atomic E-state index is 0.0207. The number of hydrogen-bond acceptors (Lipinski definition) is 5. The lowest BCUT2D eigenvalue weighted by atomic mass is 10.1. The fourth-order valence-corrected chi connectivity index (χ4v) is 3.58. The van der Waals surface area contributed by atoms with E-state index in [4.69, 9.17) is 13.9 Å². The lowest BCUT2D eigenvalue weighted by molar-refractivity contribution is 0.0724. The fraction of sp³-hybridized carbons (Fsp3) is 0.154. The summed E-state index contributed by atoms with van der Waals surface area (Å²) in [7, 11) is 3.04. The zero-order valence-corrected chi connectivity index (χ0v) is 18.2. The number of benzene rings is 3. The van der Waals surface area contributed by atoms with Crippen LogP contribution in [0.15, 0.2) is 82.0 Å². The molecule has 0 atom stereocenters. The number of para-hydroxylation sites is 1. The molecule has 0 aliphatic heterocycles. The molecule has 0 spiro atoms. The molecule has 0 N–H and O–H groups in total. The number of hydrogen-bond donors (Lipinski definition) is 0. The van der Waals surface area contributed by atoms with Gasteiger partial charge in [0.25, 0.3) is 5.91 Å². The number of ether oxygens (including phenoxy) is 2. The lowest BCUT2D eigenvalue weighted by Gasteiger charge is -2.23. The molecule has 0 unspecified atom stereocenters. The maximum Gasteiger partial charge on any atom is 0.349 e. The highest BCUT2D eigenvalue weighted by Crippen LogP contribution is 2.25. The van der Waals surface area contributed by atoms with E-state index < -0.39 is 17.3 Å². The van der Waals surface area contributed by atoms with Gasteiger partial charge < -0.3 is 18.8 Å². The standard InChI is InChI=1S/C26H22FNO5/c1-31-20-12-10-17(11-13-20)15-28(16-19-6-3-4-8-22(19)27)25(29)21-14-18-7-5-9-23(32-2)24(18)33-26(21)30/h3-14H,15-16H2,1-2H3. The first-order valence-electron chi connectivity index (χ1n) is 10.3. The molecule has 6 nitrogen and oxygen atoms in total. The van der Waals surface area contributed by atoms with Crippen molar-refractivity contribution in [2.75, 3.05) is 14.2 Å². The van der Waals surface area contributed by atoms with Crippen molar-refractivity contribution in [3.05, 3.63) is 106 Å². The van der Waals surface area contributed by atoms with Gasteiger partial charge in [-0.1, -0.05) is 42.5 Å². The van der Waals surface area contributed by atoms with Crippen molar-refractivity contribution in [3.8, 4) is 11.5 Å². The highest BCUT2D eigenvalue weighted by Gasteiger charge is 2.23. The number of amides is 1. The van der Waals surface area contributed by atoms with E-state index in [1.807, 2.05) is 12.1 Å². The van der Waals surface area contributed by atoms with Crippen molar-refractivity contribution in [2.45, 2.75) is 13.1 Å². The van der Waals surface area contributed by atoms with E-state index in [0.717, 1.165) is 5.56 Å². The van der Waals surface area contributed by atoms with Crippen LogP contribution in [-0.4, -0.2) is 25.0 Å². The molecule has 1 amide bonds. The van der Waals surface area contributed by atoms with Crippen LogP contribution in [0.3, 0.4) is 0 Å². The van der Waals surface area contributed by atoms with Crippen LogP contribution in [0.4, 0.5) is 4.39 Å². The maximum atomic E-state index is 14.4. The summed E-state index contributed by atoms with van der Waals surface area (Å²) >= 11 is 0. The Morgan fingerprint density at radius 2 is 1.70 bits per heavy atom. The van der Waals surface area contributed by atoms with Gasteiger partial charge in [0.05, 0.1) is 14.2 Å². The summed E-state index contributed by atoms with van der Waals surface area (Å²) in [5.74, 6) is 0.0766. The first-order valence-corrected chi connectivity index (χ1v) is 10.3. The Morgan fingerprint density at radius 1 is 0.939 bits per heavy atom. The van der Waals surface area contributed by atoms with Crippen LogP contribution in [0.2, 0.25) is 0 Å². The molecular formula is C26H22FNO5. The van der Waals surface area contributed by atoms with Crippen molar-refractivity contribution in [3.63, 3.8) is 0 Å². The van der Waals surface area contributed by atoms with E-state index >= 15 is 0 Å². The summed E-state index contributed by atoms with van der Waals surface area (Å²) in [5, 5.41) is 0.549. The van der Waals surface area contributed by atoms with Gasteiger partial charge in [-0.2, -0.15) is 0 Å². The van der Waals surface area contributed by atoms with Gasteiger partial charge in [0.2, 0.25) is 0 Å². The number of methoxy groups -OCH3 is 2. The first-order chi connectivity index (χ1) is 16.0. The summed E-state index contributed by atoms with van der Waals surface area (Å²) in [4.78, 5) is 27.7. The van der Waals surface area contributed by atoms with Crippen LogP contribution in [0.25, 0.3) is 11.0 Å². The SMILES string of the molecule is COc1ccc(CN(Cc2ccccc2F)C(=O)c2cc3cccc(OC)c3oc2=O)cc1. The molecule has 3 aromatic carbocycles. The topological polar surface area (TPSA) is 69.0 Å². The van der Waals surface area contributed by atoms with Gasteiger partial charge in [-0.25, -0.2) is 9.18 Å². The number of rotatable bonds is 7. The molecule has 1 aromatic heterocycles. The second-order valence-electron chi connectivity index (χ2n) is 7.43. The van der Waals surface area contributed by atoms with E-state index in [2.05, 4.69) is 0 Å². The highest BCUT2D eigenvalue weighted by molar-refractivity contribution is 5.97. The molecule has 0 aliphatic rings. The monoisotopic (exact) mass is 447 g/mol. The number of carbonyl (C=O) groups is 1. The van der Waals surface area contributed by atoms with E-state index in [1.165, 1.54) is 24.1 Å². The number of halogens is 1. The molecule has 0 saturated carbocycles. The maximum absolute atomic E-state index is 14.4. The van der Waals surface area contributed by atoms with Crippen LogP contribution >= 0.6 is 0 Å². The van der Waals surface area contributed by atoms with Crippen LogP contribution < -0.4 is 15.1 Å². The summed E-state index contributed by atoms with van der Waals surface area (Å²) in [6.45, 7) is 0.139. The molecule has 168 valence electrons. The molecule has 1 heterocycles. The summed E-state index contributed by atoms with van der Waals surface area (Å²) < 4.78 is 30.2. The third-order valence-corrected chi connectivity index (χ3v) is 5.31. The van der Waals surface area contributed by atoms with Crippen LogP contribution in [-0.2, 0) is 13.1 Å². The van der Waals surface area contributed by atoms with E-state index in [9.17, 15) is 14.0 Å². The Bertz CT molecular complexity index is 1350. The zero-order valence-electron chi connectivity index (χ0n) is 18.2. The number of nitrogens with zero attached hydrogens (tertiary/aromatic N) is 1. The normalized spacial score (nSPS) is 10.8. The fourth-order valence-electron chi connectivity index (χ4n) is 3.58. The minimum atomic E-state index is -0.787. The largest absolute Gasteiger partial charge is 0.497 e. The third kappa shape index (κ3) is 4.72. The van der Waals surface area contributed by atoms with Gasteiger partial charge >= 0.3 is 5.63 Å². The van der Waals surface area contributed by atoms with Crippen LogP contribution in [0.5, 0.6) is 11.5 Å². The van der Waals surface area contributed by atoms with E-state index in [0.29, 0.717) is 22.4 Å². The smallest absolute Gasteiger partial charge is 0.349 e. The van der Waals surface area contributed by atoms with Crippen molar-refractivity contribution >= 4 is 16.9 Å². The summed E-state index contributed by atoms with van der Waals surface area (Å²) in [6, 6.07) is 20.0. The summed E-state index contributed by atoms with van der Waals surface area (Å²) in [6.07, 6.45) is 0. The molecule has 0 bridgehead atoms. The zero-order chi connectivity index (χ0) is 23.4. The predicted molar refractivity (Wildman–Crippen MR) is 122 cm³/mol. The van der Waals surface area contributed by atoms with Gasteiger partial charge in [0.15, 0.2) is 11.3 Å². The molecular weight excluding hydrogens is 425 g/mol. The van der Waals surface area contributed by atoms with Gasteiger partial charge in [-0.3, -0.25) is 4.79 Å². The van der Waals surface area contributed by atoms with Crippen LogP contribution in [0.1, 0.15) is 21.5 Å². The molecule has 0 radical (unpaired) electrons.